The number of H-pyrrole nitrogens is 1. The Morgan fingerprint density at radius 2 is 1.83 bits per heavy atom. The van der Waals surface area contributed by atoms with Crippen LogP contribution < -0.4 is 15.1 Å². The molecule has 0 spiro atoms. The summed E-state index contributed by atoms with van der Waals surface area (Å²) < 4.78 is 5.55. The number of nitrogens with one attached hydrogen (secondary N) is 2. The fourth-order valence-corrected chi connectivity index (χ4v) is 7.46. The number of carbonyl (C=O) groups is 2. The number of fused-ring (bicyclic) bond motifs is 2. The molecule has 0 bridgehead atoms. The molecular weight excluding hydrogens is 580 g/mol. The summed E-state index contributed by atoms with van der Waals surface area (Å²) in [5, 5.41) is 13.9. The van der Waals surface area contributed by atoms with Gasteiger partial charge in [0.05, 0.1) is 42.9 Å². The van der Waals surface area contributed by atoms with Crippen molar-refractivity contribution in [2.45, 2.75) is 63.2 Å². The fraction of sp³-hybridized carbons (Fsp3) is 0.417. The molecule has 3 N–H and O–H groups in total. The van der Waals surface area contributed by atoms with E-state index in [0.29, 0.717) is 38.5 Å². The number of aromatic nitrogens is 2. The van der Waals surface area contributed by atoms with Crippen LogP contribution in [0.1, 0.15) is 61.5 Å². The number of hydrogen-bond acceptors (Lipinski definition) is 6. The van der Waals surface area contributed by atoms with E-state index in [2.05, 4.69) is 40.3 Å². The van der Waals surface area contributed by atoms with Crippen molar-refractivity contribution in [2.24, 2.45) is 0 Å². The van der Waals surface area contributed by atoms with Crippen LogP contribution in [0.15, 0.2) is 72.8 Å². The zero-order chi connectivity index (χ0) is 31.6. The SMILES string of the molecule is CCCCC1C(NC2c3ccccc3N(Cc3ccccc3)C(=O)C2c2nc3cc(N4CCOCC4)ccc3[nH]2)CCN1C(=O)O. The Hall–Kier alpha value is -4.41. The Labute approximate surface area is 269 Å². The molecule has 3 aromatic carbocycles. The minimum Gasteiger partial charge on any atom is -0.465 e. The van der Waals surface area contributed by atoms with Crippen LogP contribution in [-0.2, 0) is 16.1 Å². The van der Waals surface area contributed by atoms with Gasteiger partial charge in [-0.1, -0.05) is 68.3 Å². The highest BCUT2D eigenvalue weighted by Crippen LogP contribution is 2.44. The first kappa shape index (κ1) is 30.3. The van der Waals surface area contributed by atoms with Crippen molar-refractivity contribution in [3.05, 3.63) is 89.7 Å². The van der Waals surface area contributed by atoms with Crippen molar-refractivity contribution >= 4 is 34.4 Å². The minimum atomic E-state index is -0.885. The number of aromatic amines is 1. The van der Waals surface area contributed by atoms with Gasteiger partial charge in [0.25, 0.3) is 0 Å². The number of benzene rings is 3. The van der Waals surface area contributed by atoms with Gasteiger partial charge in [0.15, 0.2) is 0 Å². The molecule has 2 fully saturated rings. The normalized spacial score (nSPS) is 23.2. The van der Waals surface area contributed by atoms with Gasteiger partial charge in [-0.2, -0.15) is 0 Å². The maximum absolute atomic E-state index is 14.8. The van der Waals surface area contributed by atoms with Gasteiger partial charge in [-0.25, -0.2) is 9.78 Å². The largest absolute Gasteiger partial charge is 0.465 e. The second kappa shape index (κ2) is 13.1. The number of morpholine rings is 1. The molecule has 4 heterocycles. The molecule has 10 heteroatoms. The number of nitrogens with zero attached hydrogens (tertiary/aromatic N) is 4. The van der Waals surface area contributed by atoms with Crippen LogP contribution in [0.2, 0.25) is 0 Å². The highest BCUT2D eigenvalue weighted by atomic mass is 16.5. The predicted octanol–water partition coefficient (Wildman–Crippen LogP) is 5.67. The molecule has 2 amide bonds. The van der Waals surface area contributed by atoms with Gasteiger partial charge in [0.2, 0.25) is 5.91 Å². The van der Waals surface area contributed by atoms with Gasteiger partial charge in [-0.05, 0) is 48.2 Å². The molecule has 4 atom stereocenters. The summed E-state index contributed by atoms with van der Waals surface area (Å²) in [6.07, 6.45) is 2.52. The molecule has 7 rings (SSSR count). The number of likely N-dealkylation sites (tertiary alicyclic amines) is 1. The molecule has 240 valence electrons. The van der Waals surface area contributed by atoms with E-state index in [1.54, 1.807) is 4.90 Å². The zero-order valence-electron chi connectivity index (χ0n) is 26.3. The summed E-state index contributed by atoms with van der Waals surface area (Å²) in [5.41, 5.74) is 5.72. The number of ether oxygens (including phenoxy) is 1. The first-order valence-corrected chi connectivity index (χ1v) is 16.5. The lowest BCUT2D eigenvalue weighted by molar-refractivity contribution is -0.121. The lowest BCUT2D eigenvalue weighted by Crippen LogP contribution is -2.51. The van der Waals surface area contributed by atoms with Crippen LogP contribution in [0.3, 0.4) is 0 Å². The van der Waals surface area contributed by atoms with Crippen LogP contribution >= 0.6 is 0 Å². The zero-order valence-corrected chi connectivity index (χ0v) is 26.3. The summed E-state index contributed by atoms with van der Waals surface area (Å²) in [4.78, 5) is 41.4. The maximum atomic E-state index is 14.8. The van der Waals surface area contributed by atoms with Crippen molar-refractivity contribution < 1.29 is 19.4 Å². The van der Waals surface area contributed by atoms with Gasteiger partial charge in [-0.15, -0.1) is 0 Å². The number of anilines is 2. The lowest BCUT2D eigenvalue weighted by atomic mass is 9.84. The quantitative estimate of drug-likeness (QED) is 0.220. The Kier molecular flexibility index (Phi) is 8.64. The Balaban J connectivity index is 1.29. The number of carboxylic acid groups (broad SMARTS) is 1. The third-order valence-electron chi connectivity index (χ3n) is 9.81. The molecule has 2 saturated heterocycles. The van der Waals surface area contributed by atoms with E-state index in [1.165, 1.54) is 0 Å². The predicted molar refractivity (Wildman–Crippen MR) is 178 cm³/mol. The standard InChI is InChI=1S/C36H42N6O4/c1-2-3-12-31-28(16-17-41(31)36(44)45)37-33-26-11-7-8-13-30(26)42(23-24-9-5-4-6-10-24)35(43)32(33)34-38-27-15-14-25(22-29(27)39-34)40-18-20-46-21-19-40/h4-11,13-15,22,28,31-33,37H,2-3,12,16-21,23H2,1H3,(H,38,39)(H,44,45). The smallest absolute Gasteiger partial charge is 0.407 e. The summed E-state index contributed by atoms with van der Waals surface area (Å²) in [6.45, 7) is 6.10. The molecule has 0 aliphatic carbocycles. The molecule has 3 aliphatic rings. The van der Waals surface area contributed by atoms with E-state index in [4.69, 9.17) is 9.72 Å². The number of unbranched alkanes of at least 4 members (excludes halogenated alkanes) is 1. The van der Waals surface area contributed by atoms with Crippen molar-refractivity contribution in [1.29, 1.82) is 0 Å². The Morgan fingerprint density at radius 1 is 1.04 bits per heavy atom. The first-order valence-electron chi connectivity index (χ1n) is 16.5. The van der Waals surface area contributed by atoms with E-state index < -0.39 is 18.1 Å². The lowest BCUT2D eigenvalue weighted by Gasteiger charge is -2.41. The van der Waals surface area contributed by atoms with Crippen molar-refractivity contribution in [3.8, 4) is 0 Å². The Bertz CT molecular complexity index is 1690. The fourth-order valence-electron chi connectivity index (χ4n) is 7.46. The van der Waals surface area contributed by atoms with E-state index in [1.807, 2.05) is 59.5 Å². The van der Waals surface area contributed by atoms with E-state index in [0.717, 1.165) is 65.9 Å². The molecule has 3 aliphatic heterocycles. The number of carbonyl (C=O) groups excluding carboxylic acids is 1. The number of hydrogen-bond donors (Lipinski definition) is 3. The second-order valence-corrected chi connectivity index (χ2v) is 12.6. The van der Waals surface area contributed by atoms with Crippen molar-refractivity contribution in [3.63, 3.8) is 0 Å². The summed E-state index contributed by atoms with van der Waals surface area (Å²) in [5.74, 6) is -0.0587. The van der Waals surface area contributed by atoms with Crippen LogP contribution in [0, 0.1) is 0 Å². The van der Waals surface area contributed by atoms with Gasteiger partial charge in [-0.3, -0.25) is 4.79 Å². The van der Waals surface area contributed by atoms with Crippen molar-refractivity contribution in [2.75, 3.05) is 42.6 Å². The van der Waals surface area contributed by atoms with Crippen LogP contribution in [-0.4, -0.2) is 76.9 Å². The number of imidazole rings is 1. The number of para-hydroxylation sites is 1. The highest BCUT2D eigenvalue weighted by Gasteiger charge is 2.46. The summed E-state index contributed by atoms with van der Waals surface area (Å²) in [7, 11) is 0. The molecule has 10 nitrogen and oxygen atoms in total. The van der Waals surface area contributed by atoms with Gasteiger partial charge in [0.1, 0.15) is 11.7 Å². The monoisotopic (exact) mass is 622 g/mol. The molecule has 0 saturated carbocycles. The molecule has 4 unspecified atom stereocenters. The molecule has 0 radical (unpaired) electrons. The highest BCUT2D eigenvalue weighted by molar-refractivity contribution is 6.02. The maximum Gasteiger partial charge on any atom is 0.407 e. The summed E-state index contributed by atoms with van der Waals surface area (Å²) >= 11 is 0. The molecule has 4 aromatic rings. The third kappa shape index (κ3) is 5.83. The minimum absolute atomic E-state index is 0.0364. The third-order valence-corrected chi connectivity index (χ3v) is 9.81. The average molecular weight is 623 g/mol. The van der Waals surface area contributed by atoms with Crippen molar-refractivity contribution in [1.82, 2.24) is 20.2 Å². The first-order chi connectivity index (χ1) is 22.5. The van der Waals surface area contributed by atoms with Crippen LogP contribution in [0.5, 0.6) is 0 Å². The van der Waals surface area contributed by atoms with Gasteiger partial charge >= 0.3 is 6.09 Å². The summed E-state index contributed by atoms with van der Waals surface area (Å²) in [6, 6.07) is 23.7. The van der Waals surface area contributed by atoms with Crippen LogP contribution in [0.25, 0.3) is 11.0 Å². The van der Waals surface area contributed by atoms with Gasteiger partial charge in [0, 0.05) is 37.1 Å². The van der Waals surface area contributed by atoms with Crippen LogP contribution in [0.4, 0.5) is 16.2 Å². The Morgan fingerprint density at radius 3 is 2.61 bits per heavy atom. The average Bonchev–Trinajstić information content (AvgIpc) is 3.70. The van der Waals surface area contributed by atoms with E-state index >= 15 is 0 Å². The second-order valence-electron chi connectivity index (χ2n) is 12.6. The van der Waals surface area contributed by atoms with E-state index in [-0.39, 0.29) is 18.0 Å². The number of amides is 2. The van der Waals surface area contributed by atoms with E-state index in [9.17, 15) is 14.7 Å². The molecule has 46 heavy (non-hydrogen) atoms. The van der Waals surface area contributed by atoms with Gasteiger partial charge < -0.3 is 34.8 Å². The molecular formula is C36H42N6O4. The number of rotatable bonds is 9. The molecule has 1 aromatic heterocycles. The topological polar surface area (TPSA) is 114 Å².